The standard InChI is InChI=1S/C16H24F2N2O3.C2H6/c1-16(2,3)23-15(21)20-8-6-11-4-5-14(22-10-13(17)18)19-12(11)7-9-20;1-2/h13H,4-10H2,1-3H3;1-2H3. The predicted molar refractivity (Wildman–Crippen MR) is 94.0 cm³/mol. The smallest absolute Gasteiger partial charge is 0.410 e. The fourth-order valence-corrected chi connectivity index (χ4v) is 2.58. The van der Waals surface area contributed by atoms with E-state index in [1.807, 2.05) is 34.6 Å². The molecule has 0 bridgehead atoms. The van der Waals surface area contributed by atoms with Crippen LogP contribution in [0.3, 0.4) is 0 Å². The van der Waals surface area contributed by atoms with E-state index in [-0.39, 0.29) is 6.09 Å². The van der Waals surface area contributed by atoms with Gasteiger partial charge >= 0.3 is 6.09 Å². The van der Waals surface area contributed by atoms with Crippen molar-refractivity contribution in [3.8, 4) is 0 Å². The number of aliphatic imine (C=N–C) groups is 1. The molecular formula is C18H30F2N2O3. The average molecular weight is 360 g/mol. The number of halogens is 2. The fourth-order valence-electron chi connectivity index (χ4n) is 2.58. The van der Waals surface area contributed by atoms with Crippen LogP contribution in [0.15, 0.2) is 16.3 Å². The maximum atomic E-state index is 12.2. The molecule has 0 N–H and O–H groups in total. The van der Waals surface area contributed by atoms with Crippen LogP contribution in [0.4, 0.5) is 13.6 Å². The van der Waals surface area contributed by atoms with E-state index in [9.17, 15) is 13.6 Å². The number of alkyl halides is 2. The molecule has 25 heavy (non-hydrogen) atoms. The molecule has 0 aliphatic carbocycles. The molecule has 1 amide bonds. The van der Waals surface area contributed by atoms with E-state index in [4.69, 9.17) is 9.47 Å². The quantitative estimate of drug-likeness (QED) is 0.713. The van der Waals surface area contributed by atoms with Gasteiger partial charge in [-0.15, -0.1) is 0 Å². The van der Waals surface area contributed by atoms with E-state index < -0.39 is 18.6 Å². The van der Waals surface area contributed by atoms with Gasteiger partial charge in [0.1, 0.15) is 5.60 Å². The minimum Gasteiger partial charge on any atom is -0.475 e. The van der Waals surface area contributed by atoms with Gasteiger partial charge in [0.05, 0.1) is 0 Å². The summed E-state index contributed by atoms with van der Waals surface area (Å²) in [6, 6.07) is 0. The largest absolute Gasteiger partial charge is 0.475 e. The summed E-state index contributed by atoms with van der Waals surface area (Å²) < 4.78 is 34.9. The van der Waals surface area contributed by atoms with Crippen molar-refractivity contribution < 1.29 is 23.0 Å². The predicted octanol–water partition coefficient (Wildman–Crippen LogP) is 4.77. The maximum Gasteiger partial charge on any atom is 0.410 e. The number of amides is 1. The van der Waals surface area contributed by atoms with Crippen LogP contribution >= 0.6 is 0 Å². The first-order chi connectivity index (χ1) is 11.7. The molecule has 0 aromatic heterocycles. The van der Waals surface area contributed by atoms with Gasteiger partial charge in [-0.3, -0.25) is 0 Å². The maximum absolute atomic E-state index is 12.2. The van der Waals surface area contributed by atoms with E-state index in [1.54, 1.807) is 4.90 Å². The third kappa shape index (κ3) is 7.40. The molecule has 2 aliphatic rings. The van der Waals surface area contributed by atoms with Gasteiger partial charge in [0.25, 0.3) is 6.43 Å². The summed E-state index contributed by atoms with van der Waals surface area (Å²) in [6.07, 6.45) is -0.200. The Labute approximate surface area is 149 Å². The van der Waals surface area contributed by atoms with Crippen LogP contribution in [0.25, 0.3) is 0 Å². The summed E-state index contributed by atoms with van der Waals surface area (Å²) in [5.74, 6) is 0.370. The van der Waals surface area contributed by atoms with E-state index in [1.165, 1.54) is 5.57 Å². The minimum absolute atomic E-state index is 0.324. The van der Waals surface area contributed by atoms with Crippen molar-refractivity contribution in [1.82, 2.24) is 4.90 Å². The molecule has 0 radical (unpaired) electrons. The molecule has 0 aromatic carbocycles. The van der Waals surface area contributed by atoms with Gasteiger partial charge in [-0.05, 0) is 39.2 Å². The van der Waals surface area contributed by atoms with Gasteiger partial charge in [-0.1, -0.05) is 13.8 Å². The molecular weight excluding hydrogens is 330 g/mol. The number of carbonyl (C=O) groups excluding carboxylic acids is 1. The monoisotopic (exact) mass is 360 g/mol. The SMILES string of the molecule is CC.CC(C)(C)OC(=O)N1CCC2=C(CC1)N=C(OCC(F)F)CC2. The molecule has 2 rings (SSSR count). The van der Waals surface area contributed by atoms with Gasteiger partial charge in [0.15, 0.2) is 12.5 Å². The molecule has 2 aliphatic heterocycles. The number of hydrogen-bond acceptors (Lipinski definition) is 4. The van der Waals surface area contributed by atoms with E-state index >= 15 is 0 Å². The topological polar surface area (TPSA) is 51.1 Å². The Balaban J connectivity index is 0.00000151. The fraction of sp³-hybridized carbons (Fsp3) is 0.778. The first kappa shape index (κ1) is 21.4. The Kier molecular flexibility index (Phi) is 8.32. The lowest BCUT2D eigenvalue weighted by Gasteiger charge is -2.26. The first-order valence-corrected chi connectivity index (χ1v) is 8.92. The van der Waals surface area contributed by atoms with E-state index in [0.29, 0.717) is 31.8 Å². The van der Waals surface area contributed by atoms with Gasteiger partial charge in [0.2, 0.25) is 0 Å². The zero-order chi connectivity index (χ0) is 19.0. The number of nitrogens with zero attached hydrogens (tertiary/aromatic N) is 2. The summed E-state index contributed by atoms with van der Waals surface area (Å²) in [4.78, 5) is 18.2. The Hall–Kier alpha value is -1.66. The Morgan fingerprint density at radius 3 is 2.40 bits per heavy atom. The zero-order valence-corrected chi connectivity index (χ0v) is 15.9. The van der Waals surface area contributed by atoms with E-state index in [2.05, 4.69) is 4.99 Å². The molecule has 0 saturated heterocycles. The highest BCUT2D eigenvalue weighted by atomic mass is 19.3. The lowest BCUT2D eigenvalue weighted by molar-refractivity contribution is 0.0258. The summed E-state index contributed by atoms with van der Waals surface area (Å²) in [7, 11) is 0. The zero-order valence-electron chi connectivity index (χ0n) is 15.9. The van der Waals surface area contributed by atoms with Crippen molar-refractivity contribution in [3.05, 3.63) is 11.3 Å². The Bertz CT molecular complexity index is 511. The highest BCUT2D eigenvalue weighted by Gasteiger charge is 2.26. The average Bonchev–Trinajstić information content (AvgIpc) is 2.75. The highest BCUT2D eigenvalue weighted by molar-refractivity contribution is 5.79. The lowest BCUT2D eigenvalue weighted by Crippen LogP contribution is -2.37. The van der Waals surface area contributed by atoms with Gasteiger partial charge in [-0.25, -0.2) is 18.6 Å². The molecule has 7 heteroatoms. The third-order valence-corrected chi connectivity index (χ3v) is 3.64. The van der Waals surface area contributed by atoms with Crippen molar-refractivity contribution in [2.24, 2.45) is 4.99 Å². The third-order valence-electron chi connectivity index (χ3n) is 3.64. The molecule has 5 nitrogen and oxygen atoms in total. The van der Waals surface area contributed by atoms with Crippen LogP contribution in [0.1, 0.15) is 60.3 Å². The molecule has 0 spiro atoms. The van der Waals surface area contributed by atoms with Crippen LogP contribution in [-0.2, 0) is 9.47 Å². The minimum atomic E-state index is -2.50. The van der Waals surface area contributed by atoms with Crippen LogP contribution < -0.4 is 0 Å². The summed E-state index contributed by atoms with van der Waals surface area (Å²) in [5, 5.41) is 0. The van der Waals surface area contributed by atoms with Crippen LogP contribution in [0.2, 0.25) is 0 Å². The number of hydrogen-bond donors (Lipinski definition) is 0. The second-order valence-electron chi connectivity index (χ2n) is 6.73. The molecule has 0 fully saturated rings. The molecule has 0 aromatic rings. The highest BCUT2D eigenvalue weighted by Crippen LogP contribution is 2.28. The molecule has 0 atom stereocenters. The van der Waals surface area contributed by atoms with E-state index in [0.717, 1.165) is 18.5 Å². The number of rotatable bonds is 2. The summed E-state index contributed by atoms with van der Waals surface area (Å²) in [6.45, 7) is 10.00. The first-order valence-electron chi connectivity index (χ1n) is 8.92. The summed E-state index contributed by atoms with van der Waals surface area (Å²) in [5.41, 5.74) is 1.53. The van der Waals surface area contributed by atoms with Crippen LogP contribution in [-0.4, -0.2) is 48.6 Å². The molecule has 2 heterocycles. The second-order valence-corrected chi connectivity index (χ2v) is 6.73. The Morgan fingerprint density at radius 2 is 1.80 bits per heavy atom. The molecule has 0 saturated carbocycles. The van der Waals surface area contributed by atoms with Crippen LogP contribution in [0, 0.1) is 0 Å². The Morgan fingerprint density at radius 1 is 1.16 bits per heavy atom. The van der Waals surface area contributed by atoms with Crippen molar-refractivity contribution in [2.45, 2.75) is 72.3 Å². The molecule has 0 unspecified atom stereocenters. The number of ether oxygens (including phenoxy) is 2. The van der Waals surface area contributed by atoms with Crippen molar-refractivity contribution >= 4 is 12.0 Å². The van der Waals surface area contributed by atoms with Crippen molar-refractivity contribution in [3.63, 3.8) is 0 Å². The normalized spacial score (nSPS) is 17.9. The molecule has 144 valence electrons. The van der Waals surface area contributed by atoms with Crippen molar-refractivity contribution in [2.75, 3.05) is 19.7 Å². The second kappa shape index (κ2) is 9.73. The number of carbonyl (C=O) groups is 1. The van der Waals surface area contributed by atoms with Gasteiger partial charge in [0, 0.05) is 31.6 Å². The summed E-state index contributed by atoms with van der Waals surface area (Å²) >= 11 is 0. The lowest BCUT2D eigenvalue weighted by atomic mass is 10.0. The van der Waals surface area contributed by atoms with Crippen molar-refractivity contribution in [1.29, 1.82) is 0 Å². The van der Waals surface area contributed by atoms with Gasteiger partial charge < -0.3 is 14.4 Å². The van der Waals surface area contributed by atoms with Crippen LogP contribution in [0.5, 0.6) is 0 Å². The van der Waals surface area contributed by atoms with Gasteiger partial charge in [-0.2, -0.15) is 0 Å².